The fourth-order valence-corrected chi connectivity index (χ4v) is 2.97. The molecule has 2 atom stereocenters. The topological polar surface area (TPSA) is 23.6 Å². The molecule has 0 amide bonds. The minimum atomic E-state index is -2.44. The summed E-state index contributed by atoms with van der Waals surface area (Å²) in [5.74, 6) is 2.58. The zero-order chi connectivity index (χ0) is 9.35. The molecular formula is C7H12N2OS2. The quantitative estimate of drug-likeness (QED) is 0.512. The maximum Gasteiger partial charge on any atom is 0.158 e. The lowest BCUT2D eigenvalue weighted by molar-refractivity contribution is 0.332. The minimum Gasteiger partial charge on any atom is -0.224 e. The number of hydrogen-bond donors (Lipinski definition) is 0. The Hall–Kier alpha value is -0.150. The first-order chi connectivity index (χ1) is 5.50. The van der Waals surface area contributed by atoms with E-state index in [-0.39, 0.29) is 6.04 Å². The van der Waals surface area contributed by atoms with E-state index in [0.29, 0.717) is 6.54 Å². The minimum absolute atomic E-state index is 0.0776. The van der Waals surface area contributed by atoms with E-state index in [4.69, 9.17) is 17.6 Å². The third-order valence-electron chi connectivity index (χ3n) is 2.11. The summed E-state index contributed by atoms with van der Waals surface area (Å²) in [6, 6.07) is -0.0776. The van der Waals surface area contributed by atoms with Crippen molar-refractivity contribution in [2.24, 2.45) is 0 Å². The Morgan fingerprint density at radius 2 is 2.25 bits per heavy atom. The van der Waals surface area contributed by atoms with Crippen LogP contribution in [0, 0.1) is 12.3 Å². The molecule has 0 saturated carbocycles. The van der Waals surface area contributed by atoms with Gasteiger partial charge in [0, 0.05) is 31.8 Å². The van der Waals surface area contributed by atoms with Crippen molar-refractivity contribution in [1.29, 1.82) is 0 Å². The number of hydrogen-bond acceptors (Lipinski definition) is 2. The van der Waals surface area contributed by atoms with E-state index in [1.165, 1.54) is 0 Å². The van der Waals surface area contributed by atoms with E-state index >= 15 is 0 Å². The first kappa shape index (κ1) is 9.93. The number of rotatable bonds is 0. The van der Waals surface area contributed by atoms with E-state index in [1.807, 2.05) is 0 Å². The van der Waals surface area contributed by atoms with Crippen LogP contribution in [0.2, 0.25) is 0 Å². The van der Waals surface area contributed by atoms with E-state index < -0.39 is 8.86 Å². The van der Waals surface area contributed by atoms with Crippen molar-refractivity contribution in [2.45, 2.75) is 12.5 Å². The predicted molar refractivity (Wildman–Crippen MR) is 53.1 cm³/mol. The van der Waals surface area contributed by atoms with E-state index in [2.05, 4.69) is 5.92 Å². The highest BCUT2D eigenvalue weighted by Gasteiger charge is 2.30. The van der Waals surface area contributed by atoms with Crippen LogP contribution < -0.4 is 0 Å². The van der Waals surface area contributed by atoms with Gasteiger partial charge in [-0.2, -0.15) is 4.31 Å². The van der Waals surface area contributed by atoms with Crippen molar-refractivity contribution in [3.63, 3.8) is 0 Å². The Labute approximate surface area is 78.7 Å². The zero-order valence-corrected chi connectivity index (χ0v) is 8.82. The maximum absolute atomic E-state index is 11.8. The van der Waals surface area contributed by atoms with Crippen LogP contribution in [0.4, 0.5) is 0 Å². The Morgan fingerprint density at radius 1 is 1.67 bits per heavy atom. The van der Waals surface area contributed by atoms with Crippen molar-refractivity contribution >= 4 is 20.1 Å². The van der Waals surface area contributed by atoms with Crippen LogP contribution in [0.3, 0.4) is 0 Å². The molecule has 0 aromatic rings. The van der Waals surface area contributed by atoms with Crippen molar-refractivity contribution in [2.75, 3.05) is 20.6 Å². The maximum atomic E-state index is 11.8. The van der Waals surface area contributed by atoms with Crippen molar-refractivity contribution in [3.05, 3.63) is 0 Å². The van der Waals surface area contributed by atoms with Gasteiger partial charge in [-0.3, -0.25) is 0 Å². The molecule has 0 radical (unpaired) electrons. The summed E-state index contributed by atoms with van der Waals surface area (Å²) in [6.45, 7) is 0.710. The molecule has 1 aliphatic heterocycles. The molecule has 0 N–H and O–H groups in total. The van der Waals surface area contributed by atoms with Gasteiger partial charge in [0.05, 0.1) is 6.04 Å². The zero-order valence-electron chi connectivity index (χ0n) is 7.19. The fourth-order valence-electron chi connectivity index (χ4n) is 1.17. The van der Waals surface area contributed by atoms with Crippen molar-refractivity contribution in [1.82, 2.24) is 8.61 Å². The molecule has 1 aliphatic rings. The molecule has 2 unspecified atom stereocenters. The number of terminal acetylenes is 1. The molecular weight excluding hydrogens is 192 g/mol. The Bertz CT molecular complexity index is 304. The molecule has 1 fully saturated rings. The molecule has 12 heavy (non-hydrogen) atoms. The van der Waals surface area contributed by atoms with Crippen LogP contribution >= 0.6 is 0 Å². The van der Waals surface area contributed by atoms with Crippen LogP contribution in [0.1, 0.15) is 6.42 Å². The van der Waals surface area contributed by atoms with Gasteiger partial charge < -0.3 is 0 Å². The summed E-state index contributed by atoms with van der Waals surface area (Å²) in [5.41, 5.74) is 0. The SMILES string of the molecule is C#CC1CCN(C)S(=O)(=S)N1C. The predicted octanol–water partition coefficient (Wildman–Crippen LogP) is -0.168. The molecule has 1 saturated heterocycles. The average Bonchev–Trinajstić information content (AvgIpc) is 2.02. The second-order valence-corrected chi connectivity index (χ2v) is 6.21. The van der Waals surface area contributed by atoms with Gasteiger partial charge in [0.15, 0.2) is 8.86 Å². The molecule has 0 aromatic carbocycles. The smallest absolute Gasteiger partial charge is 0.158 e. The standard InChI is InChI=1S/C7H12N2OS2/c1-4-7-5-6-8(2)12(10,11)9(7)3/h1,7H,5-6H2,2-3H3. The molecule has 0 spiro atoms. The summed E-state index contributed by atoms with van der Waals surface area (Å²) >= 11 is 4.97. The first-order valence-corrected chi connectivity index (χ1v) is 6.05. The molecule has 0 bridgehead atoms. The molecule has 0 aliphatic carbocycles. The van der Waals surface area contributed by atoms with Gasteiger partial charge >= 0.3 is 0 Å². The van der Waals surface area contributed by atoms with Gasteiger partial charge in [-0.05, 0) is 6.42 Å². The van der Waals surface area contributed by atoms with Crippen molar-refractivity contribution < 1.29 is 4.21 Å². The van der Waals surface area contributed by atoms with Gasteiger partial charge in [0.25, 0.3) is 0 Å². The van der Waals surface area contributed by atoms with Crippen LogP contribution in [0.5, 0.6) is 0 Å². The lowest BCUT2D eigenvalue weighted by atomic mass is 10.2. The fraction of sp³-hybridized carbons (Fsp3) is 0.714. The van der Waals surface area contributed by atoms with Crippen LogP contribution in [0.15, 0.2) is 0 Å². The average molecular weight is 204 g/mol. The van der Waals surface area contributed by atoms with Gasteiger partial charge in [-0.1, -0.05) is 5.92 Å². The lowest BCUT2D eigenvalue weighted by Gasteiger charge is -2.36. The monoisotopic (exact) mass is 204 g/mol. The van der Waals surface area contributed by atoms with Gasteiger partial charge in [0.2, 0.25) is 0 Å². The van der Waals surface area contributed by atoms with Crippen LogP contribution in [-0.4, -0.2) is 39.5 Å². The Balaban J connectivity index is 2.95. The summed E-state index contributed by atoms with van der Waals surface area (Å²) in [5, 5.41) is 0. The second-order valence-electron chi connectivity index (χ2n) is 2.82. The van der Waals surface area contributed by atoms with Gasteiger partial charge in [-0.25, -0.2) is 8.51 Å². The van der Waals surface area contributed by atoms with E-state index in [1.54, 1.807) is 22.7 Å². The summed E-state index contributed by atoms with van der Waals surface area (Å²) in [4.78, 5) is 0. The highest BCUT2D eigenvalue weighted by Crippen LogP contribution is 2.17. The summed E-state index contributed by atoms with van der Waals surface area (Å²) in [6.07, 6.45) is 6.11. The highest BCUT2D eigenvalue weighted by atomic mass is 32.8. The molecule has 3 nitrogen and oxygen atoms in total. The van der Waals surface area contributed by atoms with Crippen molar-refractivity contribution in [3.8, 4) is 12.3 Å². The van der Waals surface area contributed by atoms with E-state index in [9.17, 15) is 4.21 Å². The summed E-state index contributed by atoms with van der Waals surface area (Å²) < 4.78 is 15.1. The third kappa shape index (κ3) is 1.48. The van der Waals surface area contributed by atoms with Gasteiger partial charge in [0.1, 0.15) is 0 Å². The summed E-state index contributed by atoms with van der Waals surface area (Å²) in [7, 11) is 1.04. The third-order valence-corrected chi connectivity index (χ3v) is 5.53. The van der Waals surface area contributed by atoms with Crippen LogP contribution in [0.25, 0.3) is 0 Å². The normalized spacial score (nSPS) is 39.2. The largest absolute Gasteiger partial charge is 0.224 e. The Morgan fingerprint density at radius 3 is 2.75 bits per heavy atom. The van der Waals surface area contributed by atoms with E-state index in [0.717, 1.165) is 6.42 Å². The molecule has 1 rings (SSSR count). The molecule has 0 aromatic heterocycles. The number of nitrogens with zero attached hydrogens (tertiary/aromatic N) is 2. The lowest BCUT2D eigenvalue weighted by Crippen LogP contribution is -2.50. The van der Waals surface area contributed by atoms with Crippen LogP contribution in [-0.2, 0) is 20.1 Å². The van der Waals surface area contributed by atoms with Gasteiger partial charge in [-0.15, -0.1) is 6.42 Å². The highest BCUT2D eigenvalue weighted by molar-refractivity contribution is 8.30. The second kappa shape index (κ2) is 3.30. The molecule has 1 heterocycles. The first-order valence-electron chi connectivity index (χ1n) is 3.65. The Kier molecular flexibility index (Phi) is 2.74. The molecule has 5 heteroatoms. The molecule has 68 valence electrons.